The van der Waals surface area contributed by atoms with Crippen LogP contribution in [0.4, 0.5) is 5.69 Å². The number of benzene rings is 1. The highest BCUT2D eigenvalue weighted by atomic mass is 32.1. The van der Waals surface area contributed by atoms with Gasteiger partial charge >= 0.3 is 0 Å². The lowest BCUT2D eigenvalue weighted by atomic mass is 9.99. The largest absolute Gasteiger partial charge is 0.358 e. The number of hydrogen-bond acceptors (Lipinski definition) is 2. The van der Waals surface area contributed by atoms with Gasteiger partial charge in [-0.2, -0.15) is 0 Å². The van der Waals surface area contributed by atoms with Crippen LogP contribution in [0.1, 0.15) is 25.7 Å². The van der Waals surface area contributed by atoms with Crippen molar-refractivity contribution in [3.8, 4) is 0 Å². The molecule has 2 unspecified atom stereocenters. The fourth-order valence-electron chi connectivity index (χ4n) is 3.27. The second kappa shape index (κ2) is 5.88. The molecule has 0 bridgehead atoms. The summed E-state index contributed by atoms with van der Waals surface area (Å²) in [6.07, 6.45) is 5.24. The highest BCUT2D eigenvalue weighted by Gasteiger charge is 2.35. The summed E-state index contributed by atoms with van der Waals surface area (Å²) in [4.78, 5) is 2.62. The Hall–Kier alpha value is -1.13. The van der Waals surface area contributed by atoms with E-state index in [0.29, 0.717) is 12.1 Å². The van der Waals surface area contributed by atoms with Crippen LogP contribution < -0.4 is 10.6 Å². The third kappa shape index (κ3) is 3.07. The Bertz CT molecular complexity index is 434. The van der Waals surface area contributed by atoms with Crippen molar-refractivity contribution in [2.24, 2.45) is 0 Å². The first kappa shape index (κ1) is 12.9. The van der Waals surface area contributed by atoms with Crippen LogP contribution in [0.25, 0.3) is 0 Å². The van der Waals surface area contributed by atoms with E-state index in [-0.39, 0.29) is 0 Å². The molecule has 4 heteroatoms. The first-order valence-corrected chi connectivity index (χ1v) is 7.60. The van der Waals surface area contributed by atoms with Gasteiger partial charge in [-0.3, -0.25) is 4.90 Å². The fraction of sp³-hybridized carbons (Fsp3) is 0.533. The van der Waals surface area contributed by atoms with Gasteiger partial charge in [0.1, 0.15) is 0 Å². The second-order valence-corrected chi connectivity index (χ2v) is 5.87. The number of nitrogens with zero attached hydrogens (tertiary/aromatic N) is 1. The number of piperidine rings is 1. The van der Waals surface area contributed by atoms with Crippen molar-refractivity contribution in [2.75, 3.05) is 18.4 Å². The minimum Gasteiger partial charge on any atom is -0.358 e. The normalized spacial score (nSPS) is 26.7. The van der Waals surface area contributed by atoms with Crippen LogP contribution in [0.5, 0.6) is 0 Å². The predicted molar refractivity (Wildman–Crippen MR) is 83.4 cm³/mol. The Morgan fingerprint density at radius 3 is 2.79 bits per heavy atom. The number of rotatable bonds is 2. The van der Waals surface area contributed by atoms with Gasteiger partial charge in [0, 0.05) is 24.3 Å². The SMILES string of the molecule is S=C(Nc1ccccc1)NC1CCN2CCCCC12. The van der Waals surface area contributed by atoms with E-state index in [2.05, 4.69) is 15.5 Å². The lowest BCUT2D eigenvalue weighted by Crippen LogP contribution is -2.47. The molecule has 102 valence electrons. The average Bonchev–Trinajstić information content (AvgIpc) is 2.83. The summed E-state index contributed by atoms with van der Waals surface area (Å²) < 4.78 is 0. The zero-order valence-electron chi connectivity index (χ0n) is 11.1. The van der Waals surface area contributed by atoms with Crippen LogP contribution in [-0.4, -0.2) is 35.2 Å². The highest BCUT2D eigenvalue weighted by Crippen LogP contribution is 2.27. The molecule has 2 aliphatic rings. The van der Waals surface area contributed by atoms with E-state index in [0.717, 1.165) is 10.8 Å². The molecular weight excluding hydrogens is 254 g/mol. The second-order valence-electron chi connectivity index (χ2n) is 5.46. The van der Waals surface area contributed by atoms with Crippen molar-refractivity contribution in [2.45, 2.75) is 37.8 Å². The van der Waals surface area contributed by atoms with Gasteiger partial charge in [0.2, 0.25) is 0 Å². The topological polar surface area (TPSA) is 27.3 Å². The van der Waals surface area contributed by atoms with Crippen molar-refractivity contribution in [1.82, 2.24) is 10.2 Å². The standard InChI is InChI=1S/C15H21N3S/c19-15(16-12-6-2-1-3-7-12)17-13-9-11-18-10-5-4-8-14(13)18/h1-3,6-7,13-14H,4-5,8-11H2,(H2,16,17,19). The van der Waals surface area contributed by atoms with Crippen LogP contribution in [0.3, 0.4) is 0 Å². The Morgan fingerprint density at radius 2 is 1.95 bits per heavy atom. The van der Waals surface area contributed by atoms with Gasteiger partial charge in [0.25, 0.3) is 0 Å². The Balaban J connectivity index is 1.55. The van der Waals surface area contributed by atoms with E-state index in [1.807, 2.05) is 30.3 Å². The zero-order valence-corrected chi connectivity index (χ0v) is 12.0. The summed E-state index contributed by atoms with van der Waals surface area (Å²) in [7, 11) is 0. The maximum atomic E-state index is 5.43. The summed E-state index contributed by atoms with van der Waals surface area (Å²) in [6.45, 7) is 2.48. The van der Waals surface area contributed by atoms with Gasteiger partial charge in [-0.25, -0.2) is 0 Å². The van der Waals surface area contributed by atoms with E-state index in [4.69, 9.17) is 12.2 Å². The van der Waals surface area contributed by atoms with Crippen LogP contribution in [0.2, 0.25) is 0 Å². The molecular formula is C15H21N3S. The maximum Gasteiger partial charge on any atom is 0.171 e. The zero-order chi connectivity index (χ0) is 13.1. The molecule has 0 amide bonds. The molecule has 2 saturated heterocycles. The Morgan fingerprint density at radius 1 is 1.11 bits per heavy atom. The van der Waals surface area contributed by atoms with Crippen LogP contribution in [0, 0.1) is 0 Å². The summed E-state index contributed by atoms with van der Waals surface area (Å²) in [6, 6.07) is 11.3. The molecule has 0 aliphatic carbocycles. The molecule has 1 aromatic rings. The molecule has 2 atom stereocenters. The van der Waals surface area contributed by atoms with Crippen molar-refractivity contribution in [3.05, 3.63) is 30.3 Å². The molecule has 0 spiro atoms. The third-order valence-electron chi connectivity index (χ3n) is 4.20. The van der Waals surface area contributed by atoms with E-state index < -0.39 is 0 Å². The quantitative estimate of drug-likeness (QED) is 0.811. The molecule has 0 saturated carbocycles. The molecule has 0 aromatic heterocycles. The third-order valence-corrected chi connectivity index (χ3v) is 4.42. The van der Waals surface area contributed by atoms with Gasteiger partial charge in [-0.15, -0.1) is 0 Å². The number of para-hydroxylation sites is 1. The van der Waals surface area contributed by atoms with Gasteiger partial charge < -0.3 is 10.6 Å². The molecule has 2 heterocycles. The minimum absolute atomic E-state index is 0.518. The van der Waals surface area contributed by atoms with Crippen LogP contribution in [-0.2, 0) is 0 Å². The molecule has 0 radical (unpaired) electrons. The molecule has 2 fully saturated rings. The maximum absolute atomic E-state index is 5.43. The van der Waals surface area contributed by atoms with Gasteiger partial charge in [-0.1, -0.05) is 24.6 Å². The number of fused-ring (bicyclic) bond motifs is 1. The lowest BCUT2D eigenvalue weighted by molar-refractivity contribution is 0.185. The van der Waals surface area contributed by atoms with E-state index in [1.165, 1.54) is 38.8 Å². The minimum atomic E-state index is 0.518. The highest BCUT2D eigenvalue weighted by molar-refractivity contribution is 7.80. The first-order valence-electron chi connectivity index (χ1n) is 7.19. The summed E-state index contributed by atoms with van der Waals surface area (Å²) in [5.74, 6) is 0. The average molecular weight is 275 g/mol. The van der Waals surface area contributed by atoms with Gasteiger partial charge in [-0.05, 0) is 50.2 Å². The number of nitrogens with one attached hydrogen (secondary N) is 2. The first-order chi connectivity index (χ1) is 9.33. The summed E-state index contributed by atoms with van der Waals surface area (Å²) in [5, 5.41) is 7.52. The van der Waals surface area contributed by atoms with Crippen molar-refractivity contribution >= 4 is 23.0 Å². The number of hydrogen-bond donors (Lipinski definition) is 2. The molecule has 2 aliphatic heterocycles. The predicted octanol–water partition coefficient (Wildman–Crippen LogP) is 2.60. The summed E-state index contributed by atoms with van der Waals surface area (Å²) in [5.41, 5.74) is 1.05. The smallest absolute Gasteiger partial charge is 0.171 e. The Kier molecular flexibility index (Phi) is 3.99. The van der Waals surface area contributed by atoms with Crippen molar-refractivity contribution < 1.29 is 0 Å². The van der Waals surface area contributed by atoms with Crippen LogP contribution in [0.15, 0.2) is 30.3 Å². The monoisotopic (exact) mass is 275 g/mol. The van der Waals surface area contributed by atoms with E-state index in [9.17, 15) is 0 Å². The van der Waals surface area contributed by atoms with E-state index in [1.54, 1.807) is 0 Å². The lowest BCUT2D eigenvalue weighted by Gasteiger charge is -2.33. The van der Waals surface area contributed by atoms with E-state index >= 15 is 0 Å². The number of thiocarbonyl (C=S) groups is 1. The van der Waals surface area contributed by atoms with Gasteiger partial charge in [0.05, 0.1) is 0 Å². The molecule has 1 aromatic carbocycles. The molecule has 19 heavy (non-hydrogen) atoms. The number of anilines is 1. The molecule has 2 N–H and O–H groups in total. The summed E-state index contributed by atoms with van der Waals surface area (Å²) >= 11 is 5.43. The van der Waals surface area contributed by atoms with Gasteiger partial charge in [0.15, 0.2) is 5.11 Å². The molecule has 3 nitrogen and oxygen atoms in total. The Labute approximate surface area is 120 Å². The van der Waals surface area contributed by atoms with Crippen LogP contribution >= 0.6 is 12.2 Å². The fourth-order valence-corrected chi connectivity index (χ4v) is 3.54. The van der Waals surface area contributed by atoms with Crippen molar-refractivity contribution in [3.63, 3.8) is 0 Å². The molecule has 3 rings (SSSR count). The van der Waals surface area contributed by atoms with Crippen molar-refractivity contribution in [1.29, 1.82) is 0 Å².